The molecule has 0 saturated heterocycles. The molecule has 1 aliphatic carbocycles. The minimum atomic E-state index is -0.347. The zero-order valence-corrected chi connectivity index (χ0v) is 12.5. The molecule has 0 aromatic carbocycles. The van der Waals surface area contributed by atoms with Crippen LogP contribution < -0.4 is 11.1 Å². The zero-order chi connectivity index (χ0) is 13.8. The lowest BCUT2D eigenvalue weighted by atomic mass is 10.2. The van der Waals surface area contributed by atoms with E-state index in [0.29, 0.717) is 16.7 Å². The van der Waals surface area contributed by atoms with Crippen LogP contribution in [0.4, 0.5) is 11.5 Å². The Morgan fingerprint density at radius 3 is 2.89 bits per heavy atom. The second-order valence-electron chi connectivity index (χ2n) is 4.66. The van der Waals surface area contributed by atoms with Gasteiger partial charge in [-0.25, -0.2) is 9.97 Å². The number of thioether (sulfide) groups is 1. The number of hydrogen-bond acceptors (Lipinski definition) is 6. The molecule has 1 aromatic rings. The number of anilines is 2. The zero-order valence-electron chi connectivity index (χ0n) is 10.9. The van der Waals surface area contributed by atoms with E-state index in [-0.39, 0.29) is 17.3 Å². The molecular formula is C12H19ClN4OS. The van der Waals surface area contributed by atoms with Crippen molar-refractivity contribution in [1.82, 2.24) is 9.97 Å². The minimum absolute atomic E-state index is 0.00251. The smallest absolute Gasteiger partial charge is 0.191 e. The van der Waals surface area contributed by atoms with Crippen LogP contribution in [0.15, 0.2) is 5.16 Å². The predicted octanol–water partition coefficient (Wildman–Crippen LogP) is 2.54. The van der Waals surface area contributed by atoms with Gasteiger partial charge in [0.15, 0.2) is 16.1 Å². The molecule has 5 nitrogen and oxygen atoms in total. The fourth-order valence-corrected chi connectivity index (χ4v) is 2.99. The van der Waals surface area contributed by atoms with Gasteiger partial charge in [-0.1, -0.05) is 30.3 Å². The van der Waals surface area contributed by atoms with E-state index in [1.807, 2.05) is 0 Å². The highest BCUT2D eigenvalue weighted by atomic mass is 35.5. The maximum absolute atomic E-state index is 9.84. The molecule has 1 fully saturated rings. The highest BCUT2D eigenvalue weighted by molar-refractivity contribution is 7.99. The molecule has 1 heterocycles. The minimum Gasteiger partial charge on any atom is -0.393 e. The Kier molecular flexibility index (Phi) is 5.13. The third-order valence-electron chi connectivity index (χ3n) is 3.12. The normalized spacial score (nSPS) is 22.7. The van der Waals surface area contributed by atoms with Crippen LogP contribution in [-0.4, -0.2) is 33.0 Å². The molecule has 1 saturated carbocycles. The van der Waals surface area contributed by atoms with Crippen LogP contribution in [0, 0.1) is 0 Å². The lowest BCUT2D eigenvalue weighted by Gasteiger charge is -2.18. The van der Waals surface area contributed by atoms with Gasteiger partial charge >= 0.3 is 0 Å². The lowest BCUT2D eigenvalue weighted by molar-refractivity contribution is 0.171. The Labute approximate surface area is 122 Å². The van der Waals surface area contributed by atoms with Crippen molar-refractivity contribution in [1.29, 1.82) is 0 Å². The van der Waals surface area contributed by atoms with Gasteiger partial charge in [0.05, 0.1) is 12.1 Å². The topological polar surface area (TPSA) is 84.1 Å². The second kappa shape index (κ2) is 6.63. The first-order chi connectivity index (χ1) is 9.11. The number of aliphatic hydroxyl groups excluding tert-OH is 1. The number of rotatable bonds is 5. The molecule has 0 spiro atoms. The van der Waals surface area contributed by atoms with E-state index in [1.165, 1.54) is 0 Å². The largest absolute Gasteiger partial charge is 0.393 e. The van der Waals surface area contributed by atoms with Gasteiger partial charge in [0.25, 0.3) is 0 Å². The first kappa shape index (κ1) is 14.7. The fourth-order valence-electron chi connectivity index (χ4n) is 2.08. The maximum atomic E-state index is 9.84. The van der Waals surface area contributed by atoms with Crippen molar-refractivity contribution in [2.45, 2.75) is 49.9 Å². The number of nitrogens with one attached hydrogen (secondary N) is 1. The van der Waals surface area contributed by atoms with Crippen molar-refractivity contribution in [3.05, 3.63) is 5.15 Å². The summed E-state index contributed by atoms with van der Waals surface area (Å²) >= 11 is 7.58. The number of aromatic nitrogens is 2. The van der Waals surface area contributed by atoms with Crippen molar-refractivity contribution in [2.24, 2.45) is 0 Å². The number of aliphatic hydroxyl groups is 1. The van der Waals surface area contributed by atoms with Crippen molar-refractivity contribution in [3.63, 3.8) is 0 Å². The van der Waals surface area contributed by atoms with E-state index < -0.39 is 0 Å². The Balaban J connectivity index is 2.15. The van der Waals surface area contributed by atoms with E-state index in [9.17, 15) is 5.11 Å². The van der Waals surface area contributed by atoms with Crippen molar-refractivity contribution < 1.29 is 5.11 Å². The molecule has 1 aliphatic rings. The summed E-state index contributed by atoms with van der Waals surface area (Å²) in [5.74, 6) is 1.47. The third-order valence-corrected chi connectivity index (χ3v) is 4.46. The SMILES string of the molecule is CCCSc1nc(Cl)c(N)c(NC2CCC[C@H]2O)n1. The first-order valence-corrected chi connectivity index (χ1v) is 7.88. The predicted molar refractivity (Wildman–Crippen MR) is 79.7 cm³/mol. The van der Waals surface area contributed by atoms with Gasteiger partial charge in [0.1, 0.15) is 5.69 Å². The maximum Gasteiger partial charge on any atom is 0.191 e. The van der Waals surface area contributed by atoms with E-state index in [2.05, 4.69) is 22.2 Å². The average Bonchev–Trinajstić information content (AvgIpc) is 2.78. The molecular weight excluding hydrogens is 284 g/mol. The summed E-state index contributed by atoms with van der Waals surface area (Å²) < 4.78 is 0. The molecule has 2 atom stereocenters. The lowest BCUT2D eigenvalue weighted by Crippen LogP contribution is -2.29. The fraction of sp³-hybridized carbons (Fsp3) is 0.667. The summed E-state index contributed by atoms with van der Waals surface area (Å²) in [6.07, 6.45) is 3.43. The van der Waals surface area contributed by atoms with Gasteiger partial charge in [-0.2, -0.15) is 0 Å². The van der Waals surface area contributed by atoms with Crippen molar-refractivity contribution >= 4 is 34.9 Å². The number of nitrogen functional groups attached to an aromatic ring is 1. The summed E-state index contributed by atoms with van der Waals surface area (Å²) in [6.45, 7) is 2.10. The van der Waals surface area contributed by atoms with Crippen LogP contribution in [-0.2, 0) is 0 Å². The molecule has 0 amide bonds. The molecule has 0 bridgehead atoms. The standard InChI is InChI=1S/C12H19ClN4OS/c1-2-6-19-12-16-10(13)9(14)11(17-12)15-7-4-3-5-8(7)18/h7-8,18H,2-6,14H2,1H3,(H,15,16,17)/t7?,8-/m1/s1. The average molecular weight is 303 g/mol. The number of nitrogens with zero attached hydrogens (tertiary/aromatic N) is 2. The molecule has 1 aromatic heterocycles. The van der Waals surface area contributed by atoms with Gasteiger partial charge in [-0.05, 0) is 25.7 Å². The van der Waals surface area contributed by atoms with Crippen molar-refractivity contribution in [2.75, 3.05) is 16.8 Å². The number of hydrogen-bond donors (Lipinski definition) is 3. The van der Waals surface area contributed by atoms with Crippen LogP contribution in [0.25, 0.3) is 0 Å². The van der Waals surface area contributed by atoms with E-state index >= 15 is 0 Å². The molecule has 7 heteroatoms. The van der Waals surface area contributed by atoms with E-state index in [4.69, 9.17) is 17.3 Å². The van der Waals surface area contributed by atoms with Gasteiger partial charge in [-0.15, -0.1) is 0 Å². The number of nitrogens with two attached hydrogens (primary N) is 1. The monoisotopic (exact) mass is 302 g/mol. The second-order valence-corrected chi connectivity index (χ2v) is 6.08. The molecule has 0 radical (unpaired) electrons. The highest BCUT2D eigenvalue weighted by Gasteiger charge is 2.26. The molecule has 0 aliphatic heterocycles. The third kappa shape index (κ3) is 3.64. The Bertz CT molecular complexity index is 446. The Hall–Kier alpha value is -0.720. The summed E-state index contributed by atoms with van der Waals surface area (Å²) in [5.41, 5.74) is 6.24. The van der Waals surface area contributed by atoms with Crippen LogP contribution in [0.1, 0.15) is 32.6 Å². The Morgan fingerprint density at radius 2 is 2.26 bits per heavy atom. The van der Waals surface area contributed by atoms with E-state index in [0.717, 1.165) is 31.4 Å². The van der Waals surface area contributed by atoms with Crippen LogP contribution in [0.5, 0.6) is 0 Å². The van der Waals surface area contributed by atoms with Crippen LogP contribution >= 0.6 is 23.4 Å². The van der Waals surface area contributed by atoms with Crippen LogP contribution in [0.3, 0.4) is 0 Å². The van der Waals surface area contributed by atoms with E-state index in [1.54, 1.807) is 11.8 Å². The summed E-state index contributed by atoms with van der Waals surface area (Å²) in [5, 5.41) is 13.9. The first-order valence-electron chi connectivity index (χ1n) is 6.52. The molecule has 4 N–H and O–H groups in total. The Morgan fingerprint density at radius 1 is 1.47 bits per heavy atom. The quantitative estimate of drug-likeness (QED) is 0.440. The summed E-state index contributed by atoms with van der Waals surface area (Å²) in [6, 6.07) is -0.00251. The van der Waals surface area contributed by atoms with Crippen LogP contribution in [0.2, 0.25) is 5.15 Å². The van der Waals surface area contributed by atoms with Gasteiger partial charge in [0, 0.05) is 5.75 Å². The molecule has 106 valence electrons. The van der Waals surface area contributed by atoms with Gasteiger partial charge < -0.3 is 16.2 Å². The molecule has 2 rings (SSSR count). The highest BCUT2D eigenvalue weighted by Crippen LogP contribution is 2.30. The van der Waals surface area contributed by atoms with Crippen molar-refractivity contribution in [3.8, 4) is 0 Å². The van der Waals surface area contributed by atoms with Gasteiger partial charge in [-0.3, -0.25) is 0 Å². The summed E-state index contributed by atoms with van der Waals surface area (Å²) in [4.78, 5) is 8.54. The molecule has 1 unspecified atom stereocenters. The van der Waals surface area contributed by atoms with Gasteiger partial charge in [0.2, 0.25) is 0 Å². The summed E-state index contributed by atoms with van der Waals surface area (Å²) in [7, 11) is 0. The number of halogens is 1. The molecule has 19 heavy (non-hydrogen) atoms.